The van der Waals surface area contributed by atoms with E-state index in [4.69, 9.17) is 21.1 Å². The number of amides is 2. The van der Waals surface area contributed by atoms with Crippen LogP contribution in [0.5, 0.6) is 0 Å². The van der Waals surface area contributed by atoms with E-state index in [2.05, 4.69) is 45.9 Å². The molecule has 6 rings (SSSR count). The first kappa shape index (κ1) is 34.1. The minimum absolute atomic E-state index is 0.00499. The number of ether oxygens (including phenoxy) is 2. The molecule has 8 nitrogen and oxygen atoms in total. The number of piperidine rings is 1. The molecule has 4 N–H and O–H groups in total. The fraction of sp³-hybridized carbons (Fsp3) is 0.359. The average molecular weight is 670 g/mol. The number of aliphatic hydroxyl groups is 2. The molecule has 2 aliphatic heterocycles. The van der Waals surface area contributed by atoms with E-state index in [0.29, 0.717) is 37.4 Å². The van der Waals surface area contributed by atoms with Crippen molar-refractivity contribution in [3.63, 3.8) is 0 Å². The third-order valence-corrected chi connectivity index (χ3v) is 9.68. The summed E-state index contributed by atoms with van der Waals surface area (Å²) in [5.74, 6) is 0. The summed E-state index contributed by atoms with van der Waals surface area (Å²) in [7, 11) is 0. The molecule has 0 bridgehead atoms. The van der Waals surface area contributed by atoms with Crippen molar-refractivity contribution in [2.24, 2.45) is 0 Å². The second kappa shape index (κ2) is 15.6. The van der Waals surface area contributed by atoms with Crippen molar-refractivity contribution in [3.8, 4) is 11.1 Å². The summed E-state index contributed by atoms with van der Waals surface area (Å²) >= 11 is 6.09. The lowest BCUT2D eigenvalue weighted by molar-refractivity contribution is -0.253. The van der Waals surface area contributed by atoms with Gasteiger partial charge in [0.05, 0.1) is 24.4 Å². The van der Waals surface area contributed by atoms with Gasteiger partial charge < -0.3 is 35.2 Å². The number of aliphatic hydroxyl groups excluding tert-OH is 1. The molecule has 252 valence electrons. The van der Waals surface area contributed by atoms with Gasteiger partial charge in [0.1, 0.15) is 0 Å². The highest BCUT2D eigenvalue weighted by atomic mass is 35.5. The first-order valence-corrected chi connectivity index (χ1v) is 17.1. The van der Waals surface area contributed by atoms with E-state index >= 15 is 0 Å². The zero-order valence-corrected chi connectivity index (χ0v) is 28.0. The van der Waals surface area contributed by atoms with Gasteiger partial charge >= 0.3 is 6.03 Å². The molecule has 9 heteroatoms. The molecule has 2 saturated heterocycles. The molecule has 4 aromatic carbocycles. The molecule has 2 aliphatic rings. The van der Waals surface area contributed by atoms with Gasteiger partial charge in [0, 0.05) is 49.7 Å². The highest BCUT2D eigenvalue weighted by molar-refractivity contribution is 6.30. The topological polar surface area (TPSA) is 103 Å². The fourth-order valence-electron chi connectivity index (χ4n) is 6.65. The number of halogens is 1. The van der Waals surface area contributed by atoms with Crippen molar-refractivity contribution >= 4 is 17.6 Å². The molecule has 4 aromatic rings. The summed E-state index contributed by atoms with van der Waals surface area (Å²) in [5.41, 5.74) is 5.99. The van der Waals surface area contributed by atoms with E-state index in [9.17, 15) is 15.0 Å². The van der Waals surface area contributed by atoms with Gasteiger partial charge in [-0.15, -0.1) is 0 Å². The Kier molecular flexibility index (Phi) is 11.1. The maximum Gasteiger partial charge on any atom is 0.315 e. The number of hydrogen-bond donors (Lipinski definition) is 4. The highest BCUT2D eigenvalue weighted by Gasteiger charge is 2.37. The van der Waals surface area contributed by atoms with Gasteiger partial charge in [0.25, 0.3) is 0 Å². The number of likely N-dealkylation sites (tertiary alicyclic amines) is 1. The molecular formula is C39H44ClN3O5. The monoisotopic (exact) mass is 669 g/mol. The number of urea groups is 1. The van der Waals surface area contributed by atoms with Crippen LogP contribution in [0, 0.1) is 0 Å². The van der Waals surface area contributed by atoms with Crippen LogP contribution in [0.4, 0.5) is 4.79 Å². The summed E-state index contributed by atoms with van der Waals surface area (Å²) in [5, 5.41) is 27.4. The second-order valence-electron chi connectivity index (χ2n) is 12.7. The SMILES string of the molecule is CCNC(=O)NCc1ccccc1-c1ccc([C@H]2O[C@@H](CN3CCC(O)(c4ccc(Cl)cc4)CC3)C[C@@H](c3ccc(CO)cc3)O2)cc1. The Morgan fingerprint density at radius 1 is 0.896 bits per heavy atom. The number of carbonyl (C=O) groups excluding carboxylic acids is 1. The Labute approximate surface area is 287 Å². The van der Waals surface area contributed by atoms with Crippen molar-refractivity contribution < 1.29 is 24.5 Å². The van der Waals surface area contributed by atoms with Gasteiger partial charge in [0.15, 0.2) is 6.29 Å². The van der Waals surface area contributed by atoms with Crippen molar-refractivity contribution in [2.45, 2.75) is 63.4 Å². The smallest absolute Gasteiger partial charge is 0.315 e. The van der Waals surface area contributed by atoms with E-state index < -0.39 is 11.9 Å². The van der Waals surface area contributed by atoms with Crippen LogP contribution in [0.25, 0.3) is 11.1 Å². The highest BCUT2D eigenvalue weighted by Crippen LogP contribution is 2.40. The standard InChI is InChI=1S/C39H44ClN3O5/c1-2-41-38(45)42-24-31-5-3-4-6-35(31)28-11-13-30(14-12-28)37-47-34(23-36(48-37)29-9-7-27(26-44)8-10-29)25-43-21-19-39(46,20-22-43)32-15-17-33(40)18-16-32/h3-18,34,36-37,44,46H,2,19-26H2,1H3,(H2,41,42,45)/t34-,36+,37+/m1/s1. The van der Waals surface area contributed by atoms with Crippen LogP contribution < -0.4 is 10.6 Å². The van der Waals surface area contributed by atoms with Crippen molar-refractivity contribution in [2.75, 3.05) is 26.2 Å². The fourth-order valence-corrected chi connectivity index (χ4v) is 6.78. The molecule has 0 spiro atoms. The lowest BCUT2D eigenvalue weighted by Crippen LogP contribution is -2.46. The first-order valence-electron chi connectivity index (χ1n) is 16.7. The maximum atomic E-state index is 12.0. The third kappa shape index (κ3) is 8.26. The van der Waals surface area contributed by atoms with E-state index in [1.54, 1.807) is 0 Å². The predicted octanol–water partition coefficient (Wildman–Crippen LogP) is 6.85. The van der Waals surface area contributed by atoms with Gasteiger partial charge in [-0.05, 0) is 65.3 Å². The lowest BCUT2D eigenvalue weighted by Gasteiger charge is -2.42. The molecule has 3 atom stereocenters. The molecule has 48 heavy (non-hydrogen) atoms. The van der Waals surface area contributed by atoms with Crippen LogP contribution in [0.2, 0.25) is 5.02 Å². The zero-order valence-electron chi connectivity index (χ0n) is 27.3. The number of nitrogens with one attached hydrogen (secondary N) is 2. The number of benzene rings is 4. The Hall–Kier alpha value is -3.76. The number of nitrogens with zero attached hydrogens (tertiary/aromatic N) is 1. The van der Waals surface area contributed by atoms with E-state index in [0.717, 1.165) is 58.6 Å². The van der Waals surface area contributed by atoms with Crippen LogP contribution in [0.1, 0.15) is 66.4 Å². The van der Waals surface area contributed by atoms with Crippen molar-refractivity contribution in [1.29, 1.82) is 0 Å². The minimum atomic E-state index is -0.866. The van der Waals surface area contributed by atoms with Crippen molar-refractivity contribution in [1.82, 2.24) is 15.5 Å². The van der Waals surface area contributed by atoms with Crippen LogP contribution in [-0.2, 0) is 28.2 Å². The third-order valence-electron chi connectivity index (χ3n) is 9.43. The second-order valence-corrected chi connectivity index (χ2v) is 13.1. The molecule has 2 fully saturated rings. The summed E-state index contributed by atoms with van der Waals surface area (Å²) in [6, 6.07) is 31.6. The van der Waals surface area contributed by atoms with Crippen LogP contribution in [0.3, 0.4) is 0 Å². The van der Waals surface area contributed by atoms with Gasteiger partial charge in [-0.25, -0.2) is 4.79 Å². The van der Waals surface area contributed by atoms with Crippen molar-refractivity contribution in [3.05, 3.63) is 130 Å². The predicted molar refractivity (Wildman–Crippen MR) is 187 cm³/mol. The van der Waals surface area contributed by atoms with Gasteiger partial charge in [0.2, 0.25) is 0 Å². The largest absolute Gasteiger partial charge is 0.392 e. The van der Waals surface area contributed by atoms with E-state index in [1.807, 2.05) is 73.7 Å². The molecule has 2 amide bonds. The van der Waals surface area contributed by atoms with Crippen LogP contribution >= 0.6 is 11.6 Å². The number of hydrogen-bond acceptors (Lipinski definition) is 6. The Balaban J connectivity index is 1.17. The van der Waals surface area contributed by atoms with Gasteiger partial charge in [-0.3, -0.25) is 0 Å². The molecule has 0 radical (unpaired) electrons. The molecule has 0 saturated carbocycles. The first-order chi connectivity index (χ1) is 23.3. The molecular weight excluding hydrogens is 626 g/mol. The normalized spacial score (nSPS) is 21.0. The molecule has 0 unspecified atom stereocenters. The zero-order chi connectivity index (χ0) is 33.5. The quantitative estimate of drug-likeness (QED) is 0.147. The molecule has 0 aromatic heterocycles. The number of rotatable bonds is 10. The molecule has 2 heterocycles. The average Bonchev–Trinajstić information content (AvgIpc) is 3.12. The summed E-state index contributed by atoms with van der Waals surface area (Å²) in [4.78, 5) is 14.4. The summed E-state index contributed by atoms with van der Waals surface area (Å²) in [6.45, 7) is 5.11. The molecule has 0 aliphatic carbocycles. The van der Waals surface area contributed by atoms with E-state index in [1.165, 1.54) is 0 Å². The number of carbonyl (C=O) groups is 1. The summed E-state index contributed by atoms with van der Waals surface area (Å²) in [6.07, 6.45) is 1.12. The Morgan fingerprint density at radius 3 is 2.27 bits per heavy atom. The maximum absolute atomic E-state index is 12.0. The minimum Gasteiger partial charge on any atom is -0.392 e. The summed E-state index contributed by atoms with van der Waals surface area (Å²) < 4.78 is 13.2. The van der Waals surface area contributed by atoms with Gasteiger partial charge in [-0.1, -0.05) is 96.5 Å². The Morgan fingerprint density at radius 2 is 1.58 bits per heavy atom. The Bertz CT molecular complexity index is 1640. The van der Waals surface area contributed by atoms with E-state index in [-0.39, 0.29) is 24.8 Å². The van der Waals surface area contributed by atoms with Gasteiger partial charge in [-0.2, -0.15) is 0 Å². The lowest BCUT2D eigenvalue weighted by atomic mass is 9.84. The van der Waals surface area contributed by atoms with Crippen LogP contribution in [-0.4, -0.2) is 53.4 Å². The van der Waals surface area contributed by atoms with Crippen LogP contribution in [0.15, 0.2) is 97.1 Å².